The van der Waals surface area contributed by atoms with Gasteiger partial charge in [-0.1, -0.05) is 12.1 Å². The lowest BCUT2D eigenvalue weighted by Gasteiger charge is -2.22. The highest BCUT2D eigenvalue weighted by molar-refractivity contribution is 5.94. The summed E-state index contributed by atoms with van der Waals surface area (Å²) in [6.45, 7) is -0.224. The van der Waals surface area contributed by atoms with Crippen LogP contribution in [0.3, 0.4) is 0 Å². The molecule has 0 aliphatic carbocycles. The maximum absolute atomic E-state index is 14.2. The molecule has 5 aromatic rings. The summed E-state index contributed by atoms with van der Waals surface area (Å²) >= 11 is 0. The molecular weight excluding hydrogens is 525 g/mol. The average Bonchev–Trinajstić information content (AvgIpc) is 3.31. The van der Waals surface area contributed by atoms with Gasteiger partial charge >= 0.3 is 0 Å². The van der Waals surface area contributed by atoms with E-state index in [0.29, 0.717) is 22.3 Å². The van der Waals surface area contributed by atoms with Crippen molar-refractivity contribution in [2.24, 2.45) is 5.73 Å². The number of nitrogens with two attached hydrogens (primary N) is 1. The summed E-state index contributed by atoms with van der Waals surface area (Å²) in [7, 11) is 0. The maximum atomic E-state index is 14.2. The van der Waals surface area contributed by atoms with E-state index in [2.05, 4.69) is 20.3 Å². The van der Waals surface area contributed by atoms with Crippen molar-refractivity contribution < 1.29 is 22.8 Å². The van der Waals surface area contributed by atoms with Crippen molar-refractivity contribution in [1.82, 2.24) is 24.8 Å². The highest BCUT2D eigenvalue weighted by atomic mass is 19.1. The Bertz CT molecular complexity index is 1800. The van der Waals surface area contributed by atoms with Crippen molar-refractivity contribution in [1.29, 1.82) is 0 Å². The van der Waals surface area contributed by atoms with Gasteiger partial charge in [-0.05, 0) is 53.9 Å². The monoisotopic (exact) mass is 546 g/mol. The molecule has 0 spiro atoms. The maximum Gasteiger partial charge on any atom is 0.276 e. The van der Waals surface area contributed by atoms with Gasteiger partial charge in [-0.25, -0.2) is 18.2 Å². The fraction of sp³-hybridized carbons (Fsp3) is 0.107. The first kappa shape index (κ1) is 26.4. The van der Waals surface area contributed by atoms with E-state index >= 15 is 0 Å². The molecule has 0 fully saturated rings. The number of aromatic amines is 1. The van der Waals surface area contributed by atoms with Gasteiger partial charge in [0, 0.05) is 24.0 Å². The topological polar surface area (TPSA) is 136 Å². The van der Waals surface area contributed by atoms with E-state index < -0.39 is 40.9 Å². The Morgan fingerprint density at radius 1 is 1.02 bits per heavy atom. The summed E-state index contributed by atoms with van der Waals surface area (Å²) in [6, 6.07) is 10.8. The first-order valence-corrected chi connectivity index (χ1v) is 12.0. The summed E-state index contributed by atoms with van der Waals surface area (Å²) in [5.74, 6) is -3.85. The lowest BCUT2D eigenvalue weighted by molar-refractivity contribution is -0.122. The Kier molecular flexibility index (Phi) is 7.15. The third-order valence-electron chi connectivity index (χ3n) is 6.27. The van der Waals surface area contributed by atoms with Gasteiger partial charge in [0.1, 0.15) is 24.0 Å². The predicted molar refractivity (Wildman–Crippen MR) is 139 cm³/mol. The van der Waals surface area contributed by atoms with Crippen LogP contribution in [-0.2, 0) is 17.8 Å². The molecule has 12 heteroatoms. The molecule has 5 rings (SSSR count). The number of amides is 2. The summed E-state index contributed by atoms with van der Waals surface area (Å²) in [4.78, 5) is 48.0. The van der Waals surface area contributed by atoms with Crippen molar-refractivity contribution >= 4 is 22.8 Å². The Hall–Kier alpha value is -5.26. The summed E-state index contributed by atoms with van der Waals surface area (Å²) < 4.78 is 43.7. The normalized spacial score (nSPS) is 11.9. The van der Waals surface area contributed by atoms with E-state index in [1.165, 1.54) is 35.4 Å². The number of nitrogens with zero attached hydrogens (tertiary/aromatic N) is 3. The number of pyridine rings is 2. The van der Waals surface area contributed by atoms with Crippen molar-refractivity contribution in [2.45, 2.75) is 19.0 Å². The van der Waals surface area contributed by atoms with E-state index in [-0.39, 0.29) is 29.6 Å². The van der Waals surface area contributed by atoms with Gasteiger partial charge in [0.15, 0.2) is 5.52 Å². The number of imidazole rings is 1. The van der Waals surface area contributed by atoms with E-state index in [9.17, 15) is 27.6 Å². The number of halogens is 3. The number of hydrogen-bond acceptors (Lipinski definition) is 5. The van der Waals surface area contributed by atoms with Crippen LogP contribution in [0.2, 0.25) is 0 Å². The SMILES string of the molecule is NC(=O)c1cc(-c2cccnc2[C@H](Cc2cc(F)cc(F)c2)NC(=O)Cn2cnc3c(=O)[nH]ccc32)ccc1F. The Balaban J connectivity index is 1.53. The standard InChI is InChI=1S/C28H21F3N6O3/c29-17-8-15(9-18(30)12-17)10-22(36-24(38)13-37-14-35-26-23(37)5-7-34-28(26)40)25-19(2-1-6-33-25)16-3-4-21(31)20(11-16)27(32)39/h1-9,11-12,14,22H,10,13H2,(H2,32,39)(H,34,40)(H,36,38)/t22-/m0/s1. The molecule has 9 nitrogen and oxygen atoms in total. The average molecular weight is 547 g/mol. The second-order valence-corrected chi connectivity index (χ2v) is 9.01. The van der Waals surface area contributed by atoms with Crippen molar-refractivity contribution in [3.63, 3.8) is 0 Å². The lowest BCUT2D eigenvalue weighted by Crippen LogP contribution is -2.33. The van der Waals surface area contributed by atoms with Crippen LogP contribution < -0.4 is 16.6 Å². The third kappa shape index (κ3) is 5.46. The summed E-state index contributed by atoms with van der Waals surface area (Å²) in [5, 5.41) is 2.85. The lowest BCUT2D eigenvalue weighted by atomic mass is 9.94. The zero-order valence-corrected chi connectivity index (χ0v) is 20.7. The Labute approximate surface area is 224 Å². The molecule has 2 amide bonds. The molecule has 40 heavy (non-hydrogen) atoms. The van der Waals surface area contributed by atoms with E-state index in [4.69, 9.17) is 5.73 Å². The highest BCUT2D eigenvalue weighted by Gasteiger charge is 2.23. The molecule has 4 N–H and O–H groups in total. The first-order valence-electron chi connectivity index (χ1n) is 12.0. The van der Waals surface area contributed by atoms with Crippen LogP contribution in [0.4, 0.5) is 13.2 Å². The molecule has 2 aromatic carbocycles. The van der Waals surface area contributed by atoms with Crippen LogP contribution in [0.25, 0.3) is 22.2 Å². The molecule has 202 valence electrons. The number of hydrogen-bond donors (Lipinski definition) is 3. The van der Waals surface area contributed by atoms with Crippen molar-refractivity contribution in [2.75, 3.05) is 0 Å². The molecule has 1 atom stereocenters. The second kappa shape index (κ2) is 10.8. The minimum atomic E-state index is -0.962. The quantitative estimate of drug-likeness (QED) is 0.274. The number of aromatic nitrogens is 4. The summed E-state index contributed by atoms with van der Waals surface area (Å²) in [5.41, 5.74) is 6.55. The van der Waals surface area contributed by atoms with Crippen molar-refractivity contribution in [3.8, 4) is 11.1 Å². The number of benzene rings is 2. The van der Waals surface area contributed by atoms with Crippen LogP contribution in [0.15, 0.2) is 78.1 Å². The number of rotatable bonds is 8. The summed E-state index contributed by atoms with van der Waals surface area (Å²) in [6.07, 6.45) is 4.20. The van der Waals surface area contributed by atoms with Gasteiger partial charge in [-0.2, -0.15) is 0 Å². The molecule has 0 radical (unpaired) electrons. The molecule has 0 saturated carbocycles. The molecule has 3 aromatic heterocycles. The minimum absolute atomic E-state index is 0.0569. The number of primary amides is 1. The fourth-order valence-electron chi connectivity index (χ4n) is 4.53. The van der Waals surface area contributed by atoms with Gasteiger partial charge < -0.3 is 20.6 Å². The first-order chi connectivity index (χ1) is 19.2. The van der Waals surface area contributed by atoms with Crippen LogP contribution in [0.5, 0.6) is 0 Å². The molecular formula is C28H21F3N6O3. The molecule has 0 bridgehead atoms. The largest absolute Gasteiger partial charge is 0.366 e. The Morgan fingerprint density at radius 2 is 1.80 bits per heavy atom. The van der Waals surface area contributed by atoms with Gasteiger partial charge in [0.25, 0.3) is 11.5 Å². The molecule has 0 saturated heterocycles. The van der Waals surface area contributed by atoms with E-state index in [1.807, 2.05) is 0 Å². The smallest absolute Gasteiger partial charge is 0.276 e. The number of H-pyrrole nitrogens is 1. The van der Waals surface area contributed by atoms with Gasteiger partial charge in [-0.15, -0.1) is 0 Å². The van der Waals surface area contributed by atoms with E-state index in [0.717, 1.165) is 24.3 Å². The number of fused-ring (bicyclic) bond motifs is 1. The fourth-order valence-corrected chi connectivity index (χ4v) is 4.53. The van der Waals surface area contributed by atoms with Crippen LogP contribution in [0.1, 0.15) is 27.7 Å². The highest BCUT2D eigenvalue weighted by Crippen LogP contribution is 2.30. The van der Waals surface area contributed by atoms with Crippen molar-refractivity contribution in [3.05, 3.63) is 118 Å². The zero-order valence-electron chi connectivity index (χ0n) is 20.7. The molecule has 3 heterocycles. The van der Waals surface area contributed by atoms with Crippen LogP contribution >= 0.6 is 0 Å². The molecule has 0 unspecified atom stereocenters. The third-order valence-corrected chi connectivity index (χ3v) is 6.27. The zero-order chi connectivity index (χ0) is 28.4. The molecule has 0 aliphatic heterocycles. The Morgan fingerprint density at radius 3 is 2.55 bits per heavy atom. The van der Waals surface area contributed by atoms with Gasteiger partial charge in [0.05, 0.1) is 29.1 Å². The van der Waals surface area contributed by atoms with Gasteiger partial charge in [0.2, 0.25) is 5.91 Å². The van der Waals surface area contributed by atoms with E-state index in [1.54, 1.807) is 18.2 Å². The van der Waals surface area contributed by atoms with Crippen LogP contribution in [-0.4, -0.2) is 31.3 Å². The number of nitrogens with one attached hydrogen (secondary N) is 2. The number of carbonyl (C=O) groups is 2. The molecule has 0 aliphatic rings. The second-order valence-electron chi connectivity index (χ2n) is 9.01. The minimum Gasteiger partial charge on any atom is -0.366 e. The number of carbonyl (C=O) groups excluding carboxylic acids is 2. The van der Waals surface area contributed by atoms with Crippen LogP contribution in [0, 0.1) is 17.5 Å². The van der Waals surface area contributed by atoms with Gasteiger partial charge in [-0.3, -0.25) is 19.4 Å². The predicted octanol–water partition coefficient (Wildman–Crippen LogP) is 3.40.